The van der Waals surface area contributed by atoms with Crippen LogP contribution in [0, 0.1) is 6.92 Å². The fourth-order valence-electron chi connectivity index (χ4n) is 3.59. The van der Waals surface area contributed by atoms with E-state index in [9.17, 15) is 9.59 Å². The molecule has 2 aromatic rings. The van der Waals surface area contributed by atoms with Gasteiger partial charge in [0.05, 0.1) is 11.8 Å². The minimum atomic E-state index is -1.27. The first-order valence-corrected chi connectivity index (χ1v) is 10.2. The first-order chi connectivity index (χ1) is 15.2. The molecule has 3 rings (SSSR count). The van der Waals surface area contributed by atoms with E-state index in [1.807, 2.05) is 38.1 Å². The Bertz CT molecular complexity index is 1150. The molecule has 0 saturated carbocycles. The number of aldehydes is 1. The fourth-order valence-corrected chi connectivity index (χ4v) is 3.59. The number of nitrogens with two attached hydrogens (primary N) is 1. The number of nitrogens with one attached hydrogen (secondary N) is 1. The summed E-state index contributed by atoms with van der Waals surface area (Å²) < 4.78 is 5.69. The van der Waals surface area contributed by atoms with Crippen LogP contribution >= 0.6 is 0 Å². The highest BCUT2D eigenvalue weighted by molar-refractivity contribution is 6.13. The number of amides is 1. The Hall–Kier alpha value is -3.81. The number of aromatic nitrogens is 2. The SMILES string of the molecule is C=C(O/C=C(\C)CCC=O)C1(C)C(=O)Nc2nc(/C(=N/C)c3ccccc3C)nc(N)c21. The fraction of sp³-hybridized carbons (Fsp3) is 0.292. The maximum Gasteiger partial charge on any atom is 0.243 e. The summed E-state index contributed by atoms with van der Waals surface area (Å²) in [4.78, 5) is 36.9. The lowest BCUT2D eigenvalue weighted by Crippen LogP contribution is -2.34. The van der Waals surface area contributed by atoms with Gasteiger partial charge in [-0.25, -0.2) is 9.97 Å². The third-order valence-corrected chi connectivity index (χ3v) is 5.58. The molecule has 32 heavy (non-hydrogen) atoms. The molecule has 1 atom stereocenters. The Morgan fingerprint density at radius 3 is 2.72 bits per heavy atom. The van der Waals surface area contributed by atoms with Crippen molar-refractivity contribution in [1.29, 1.82) is 0 Å². The number of carbonyl (C=O) groups is 2. The Labute approximate surface area is 187 Å². The van der Waals surface area contributed by atoms with Gasteiger partial charge >= 0.3 is 0 Å². The summed E-state index contributed by atoms with van der Waals surface area (Å²) in [5.41, 5.74) is 8.79. The number of carbonyl (C=O) groups excluding carboxylic acids is 2. The van der Waals surface area contributed by atoms with E-state index in [1.165, 1.54) is 6.26 Å². The van der Waals surface area contributed by atoms with Crippen molar-refractivity contribution in [3.05, 3.63) is 71.0 Å². The van der Waals surface area contributed by atoms with Gasteiger partial charge in [-0.2, -0.15) is 0 Å². The molecule has 0 saturated heterocycles. The van der Waals surface area contributed by atoms with Crippen molar-refractivity contribution >= 4 is 29.5 Å². The van der Waals surface area contributed by atoms with Gasteiger partial charge in [0, 0.05) is 19.0 Å². The first-order valence-electron chi connectivity index (χ1n) is 10.2. The third-order valence-electron chi connectivity index (χ3n) is 5.58. The summed E-state index contributed by atoms with van der Waals surface area (Å²) in [6.45, 7) is 9.43. The molecular weight excluding hydrogens is 406 g/mol. The molecule has 8 nitrogen and oxygen atoms in total. The van der Waals surface area contributed by atoms with Crippen LogP contribution in [0.1, 0.15) is 49.2 Å². The van der Waals surface area contributed by atoms with Gasteiger partial charge in [-0.3, -0.25) is 9.79 Å². The molecule has 0 radical (unpaired) electrons. The van der Waals surface area contributed by atoms with Crippen LogP contribution in [0.2, 0.25) is 0 Å². The van der Waals surface area contributed by atoms with E-state index in [0.29, 0.717) is 35.8 Å². The normalized spacial score (nSPS) is 18.2. The second kappa shape index (κ2) is 9.13. The molecule has 166 valence electrons. The molecule has 2 heterocycles. The molecule has 0 bridgehead atoms. The highest BCUT2D eigenvalue weighted by atomic mass is 16.5. The van der Waals surface area contributed by atoms with Gasteiger partial charge in [0.1, 0.15) is 34.8 Å². The molecule has 1 aliphatic heterocycles. The number of rotatable bonds is 8. The first kappa shape index (κ1) is 22.9. The molecule has 0 aliphatic carbocycles. The summed E-state index contributed by atoms with van der Waals surface area (Å²) in [7, 11) is 1.66. The van der Waals surface area contributed by atoms with E-state index in [-0.39, 0.29) is 17.5 Å². The van der Waals surface area contributed by atoms with Crippen LogP contribution in [0.25, 0.3) is 0 Å². The molecule has 1 aromatic heterocycles. The molecular formula is C24H27N5O3. The molecule has 1 aromatic carbocycles. The van der Waals surface area contributed by atoms with Crippen molar-refractivity contribution in [3.63, 3.8) is 0 Å². The quantitative estimate of drug-likeness (QED) is 0.374. The average molecular weight is 434 g/mol. The van der Waals surface area contributed by atoms with Gasteiger partial charge in [0.25, 0.3) is 0 Å². The van der Waals surface area contributed by atoms with Crippen molar-refractivity contribution in [3.8, 4) is 0 Å². The van der Waals surface area contributed by atoms with E-state index < -0.39 is 5.41 Å². The number of benzene rings is 1. The summed E-state index contributed by atoms with van der Waals surface area (Å²) in [6, 6.07) is 7.76. The van der Waals surface area contributed by atoms with E-state index in [1.54, 1.807) is 14.0 Å². The van der Waals surface area contributed by atoms with Gasteiger partial charge in [-0.1, -0.05) is 30.8 Å². The second-order valence-corrected chi connectivity index (χ2v) is 7.83. The maximum absolute atomic E-state index is 13.0. The van der Waals surface area contributed by atoms with E-state index in [0.717, 1.165) is 23.0 Å². The largest absolute Gasteiger partial charge is 0.469 e. The van der Waals surface area contributed by atoms with Gasteiger partial charge in [0.2, 0.25) is 5.91 Å². The van der Waals surface area contributed by atoms with Crippen molar-refractivity contribution in [2.75, 3.05) is 18.1 Å². The van der Waals surface area contributed by atoms with Crippen LogP contribution in [0.15, 0.2) is 53.4 Å². The maximum atomic E-state index is 13.0. The van der Waals surface area contributed by atoms with Gasteiger partial charge in [0.15, 0.2) is 5.82 Å². The van der Waals surface area contributed by atoms with Crippen LogP contribution < -0.4 is 11.1 Å². The Morgan fingerprint density at radius 1 is 1.34 bits per heavy atom. The van der Waals surface area contributed by atoms with Crippen LogP contribution in [0.4, 0.5) is 11.6 Å². The summed E-state index contributed by atoms with van der Waals surface area (Å²) in [6.07, 6.45) is 3.29. The lowest BCUT2D eigenvalue weighted by Gasteiger charge is -2.24. The summed E-state index contributed by atoms with van der Waals surface area (Å²) in [5, 5.41) is 2.78. The standard InChI is InChI=1S/C24H27N5O3/c1-14(9-8-12-30)13-32-16(3)24(4)18-20(25)27-22(28-21(18)29-23(24)31)19(26-5)17-11-7-6-10-15(17)2/h6-7,10-13H,3,8-9H2,1-2,4-5H3,(H3,25,27,28,29,31)/b14-13+,26-19+. The number of nitrogens with zero attached hydrogens (tertiary/aromatic N) is 3. The smallest absolute Gasteiger partial charge is 0.243 e. The van der Waals surface area contributed by atoms with Crippen molar-refractivity contribution < 1.29 is 14.3 Å². The number of aliphatic imine (C=N–C) groups is 1. The molecule has 1 amide bonds. The third kappa shape index (κ3) is 4.03. The molecule has 3 N–H and O–H groups in total. The average Bonchev–Trinajstić information content (AvgIpc) is 3.03. The highest BCUT2D eigenvalue weighted by Crippen LogP contribution is 2.44. The Balaban J connectivity index is 1.99. The van der Waals surface area contributed by atoms with Crippen molar-refractivity contribution in [1.82, 2.24) is 9.97 Å². The predicted molar refractivity (Wildman–Crippen MR) is 124 cm³/mol. The van der Waals surface area contributed by atoms with Crippen LogP contribution in [-0.4, -0.2) is 34.9 Å². The Kier molecular flexibility index (Phi) is 6.53. The lowest BCUT2D eigenvalue weighted by atomic mass is 9.83. The zero-order valence-electron chi connectivity index (χ0n) is 18.7. The zero-order valence-corrected chi connectivity index (χ0v) is 18.7. The number of hydrogen-bond acceptors (Lipinski definition) is 7. The van der Waals surface area contributed by atoms with Crippen LogP contribution in [0.5, 0.6) is 0 Å². The van der Waals surface area contributed by atoms with Gasteiger partial charge in [-0.15, -0.1) is 0 Å². The van der Waals surface area contributed by atoms with Crippen molar-refractivity contribution in [2.24, 2.45) is 4.99 Å². The van der Waals surface area contributed by atoms with Crippen molar-refractivity contribution in [2.45, 2.75) is 39.0 Å². The van der Waals surface area contributed by atoms with E-state index >= 15 is 0 Å². The number of anilines is 2. The highest BCUT2D eigenvalue weighted by Gasteiger charge is 2.49. The molecule has 1 aliphatic rings. The van der Waals surface area contributed by atoms with Crippen LogP contribution in [0.3, 0.4) is 0 Å². The number of fused-ring (bicyclic) bond motifs is 1. The number of ether oxygens (including phenoxy) is 1. The zero-order chi connectivity index (χ0) is 23.5. The van der Waals surface area contributed by atoms with Crippen LogP contribution in [-0.2, 0) is 19.7 Å². The monoisotopic (exact) mass is 433 g/mol. The van der Waals surface area contributed by atoms with E-state index in [2.05, 4.69) is 26.9 Å². The van der Waals surface area contributed by atoms with E-state index in [4.69, 9.17) is 10.5 Å². The number of hydrogen-bond donors (Lipinski definition) is 2. The Morgan fingerprint density at radius 2 is 2.06 bits per heavy atom. The summed E-state index contributed by atoms with van der Waals surface area (Å²) in [5.74, 6) is 0.595. The van der Waals surface area contributed by atoms with Gasteiger partial charge in [-0.05, 0) is 38.3 Å². The minimum absolute atomic E-state index is 0.145. The summed E-state index contributed by atoms with van der Waals surface area (Å²) >= 11 is 0. The van der Waals surface area contributed by atoms with Gasteiger partial charge < -0.3 is 20.6 Å². The number of allylic oxidation sites excluding steroid dienone is 1. The lowest BCUT2D eigenvalue weighted by molar-refractivity contribution is -0.120. The molecule has 0 spiro atoms. The number of nitrogen functional groups attached to an aromatic ring is 1. The molecule has 1 unspecified atom stereocenters. The molecule has 0 fully saturated rings. The minimum Gasteiger partial charge on any atom is -0.469 e. The number of aryl methyl sites for hydroxylation is 1. The predicted octanol–water partition coefficient (Wildman–Crippen LogP) is 3.46. The topological polar surface area (TPSA) is 120 Å². The second-order valence-electron chi connectivity index (χ2n) is 7.83. The molecule has 8 heteroatoms.